The van der Waals surface area contributed by atoms with E-state index in [0.717, 1.165) is 0 Å². The fraction of sp³-hybridized carbons (Fsp3) is 0.375. The Morgan fingerprint density at radius 3 is 2.85 bits per heavy atom. The second-order valence-corrected chi connectivity index (χ2v) is 5.40. The van der Waals surface area contributed by atoms with Crippen LogP contribution < -0.4 is 5.32 Å². The molecule has 2 aromatic heterocycles. The van der Waals surface area contributed by atoms with Crippen molar-refractivity contribution in [2.75, 3.05) is 0 Å². The smallest absolute Gasteiger partial charge is 0.270 e. The van der Waals surface area contributed by atoms with Crippen LogP contribution in [0.1, 0.15) is 46.3 Å². The maximum atomic E-state index is 12.0. The lowest BCUT2D eigenvalue weighted by atomic mass is 10.2. The zero-order chi connectivity index (χ0) is 14.1. The highest BCUT2D eigenvalue weighted by atomic mass is 16.1. The molecule has 0 spiro atoms. The van der Waals surface area contributed by atoms with Crippen molar-refractivity contribution >= 4 is 5.91 Å². The molecule has 0 saturated heterocycles. The topological polar surface area (TPSA) is 46.9 Å². The SMILES string of the molecule is Cc1cc(CNC(=O)c2ccccn2)c(C)n1C1CC1. The zero-order valence-corrected chi connectivity index (χ0v) is 11.9. The van der Waals surface area contributed by atoms with Crippen LogP contribution in [-0.4, -0.2) is 15.5 Å². The van der Waals surface area contributed by atoms with Gasteiger partial charge >= 0.3 is 0 Å². The van der Waals surface area contributed by atoms with Gasteiger partial charge in [-0.1, -0.05) is 6.07 Å². The minimum Gasteiger partial charge on any atom is -0.347 e. The third-order valence-corrected chi connectivity index (χ3v) is 3.84. The lowest BCUT2D eigenvalue weighted by molar-refractivity contribution is 0.0946. The molecule has 0 bridgehead atoms. The van der Waals surface area contributed by atoms with Gasteiger partial charge in [0.25, 0.3) is 5.91 Å². The average Bonchev–Trinajstić information content (AvgIpc) is 3.24. The number of rotatable bonds is 4. The fourth-order valence-corrected chi connectivity index (χ4v) is 2.68. The van der Waals surface area contributed by atoms with Gasteiger partial charge in [0, 0.05) is 30.2 Å². The van der Waals surface area contributed by atoms with Crippen molar-refractivity contribution < 1.29 is 4.79 Å². The minimum absolute atomic E-state index is 0.123. The molecular formula is C16H19N3O. The lowest BCUT2D eigenvalue weighted by Gasteiger charge is -2.08. The molecule has 0 unspecified atom stereocenters. The van der Waals surface area contributed by atoms with Crippen LogP contribution in [0.3, 0.4) is 0 Å². The number of nitrogens with zero attached hydrogens (tertiary/aromatic N) is 2. The Labute approximate surface area is 118 Å². The number of pyridine rings is 1. The molecule has 104 valence electrons. The van der Waals surface area contributed by atoms with Crippen molar-refractivity contribution in [1.29, 1.82) is 0 Å². The molecule has 1 saturated carbocycles. The number of aromatic nitrogens is 2. The normalized spacial score (nSPS) is 14.3. The molecule has 1 fully saturated rings. The first-order valence-electron chi connectivity index (χ1n) is 7.03. The number of carbonyl (C=O) groups is 1. The second kappa shape index (κ2) is 5.12. The molecule has 1 aliphatic carbocycles. The molecule has 1 amide bonds. The Morgan fingerprint density at radius 2 is 2.20 bits per heavy atom. The molecule has 4 nitrogen and oxygen atoms in total. The first kappa shape index (κ1) is 12.9. The van der Waals surface area contributed by atoms with Crippen molar-refractivity contribution in [3.05, 3.63) is 53.1 Å². The summed E-state index contributed by atoms with van der Waals surface area (Å²) in [7, 11) is 0. The lowest BCUT2D eigenvalue weighted by Crippen LogP contribution is -2.23. The number of nitrogens with one attached hydrogen (secondary N) is 1. The monoisotopic (exact) mass is 269 g/mol. The van der Waals surface area contributed by atoms with E-state index in [0.29, 0.717) is 18.3 Å². The standard InChI is InChI=1S/C16H19N3O/c1-11-9-13(12(2)19(11)14-6-7-14)10-18-16(20)15-5-3-4-8-17-15/h3-5,8-9,14H,6-7,10H2,1-2H3,(H,18,20). The molecule has 0 aliphatic heterocycles. The predicted molar refractivity (Wildman–Crippen MR) is 77.6 cm³/mol. The maximum Gasteiger partial charge on any atom is 0.270 e. The van der Waals surface area contributed by atoms with E-state index in [1.165, 1.54) is 29.8 Å². The van der Waals surface area contributed by atoms with Gasteiger partial charge in [0.1, 0.15) is 5.69 Å². The van der Waals surface area contributed by atoms with E-state index in [-0.39, 0.29) is 5.91 Å². The van der Waals surface area contributed by atoms with E-state index in [9.17, 15) is 4.79 Å². The van der Waals surface area contributed by atoms with Gasteiger partial charge in [-0.25, -0.2) is 0 Å². The Kier molecular flexibility index (Phi) is 3.30. The van der Waals surface area contributed by atoms with Crippen molar-refractivity contribution in [3.63, 3.8) is 0 Å². The van der Waals surface area contributed by atoms with Crippen molar-refractivity contribution in [3.8, 4) is 0 Å². The zero-order valence-electron chi connectivity index (χ0n) is 11.9. The summed E-state index contributed by atoms with van der Waals surface area (Å²) in [6.07, 6.45) is 4.18. The molecule has 0 aromatic carbocycles. The Hall–Kier alpha value is -2.10. The van der Waals surface area contributed by atoms with Crippen LogP contribution in [-0.2, 0) is 6.54 Å². The van der Waals surface area contributed by atoms with Gasteiger partial charge in [-0.05, 0) is 50.5 Å². The van der Waals surface area contributed by atoms with E-state index in [2.05, 4.69) is 34.8 Å². The fourth-order valence-electron chi connectivity index (χ4n) is 2.68. The van der Waals surface area contributed by atoms with Gasteiger partial charge in [-0.3, -0.25) is 9.78 Å². The number of hydrogen-bond acceptors (Lipinski definition) is 2. The quantitative estimate of drug-likeness (QED) is 0.927. The summed E-state index contributed by atoms with van der Waals surface area (Å²) < 4.78 is 2.39. The summed E-state index contributed by atoms with van der Waals surface area (Å²) in [5.41, 5.74) is 4.21. The minimum atomic E-state index is -0.123. The van der Waals surface area contributed by atoms with Crippen LogP contribution in [0, 0.1) is 13.8 Å². The van der Waals surface area contributed by atoms with Crippen LogP contribution in [0.15, 0.2) is 30.5 Å². The second-order valence-electron chi connectivity index (χ2n) is 5.40. The van der Waals surface area contributed by atoms with Crippen LogP contribution in [0.25, 0.3) is 0 Å². The van der Waals surface area contributed by atoms with E-state index < -0.39 is 0 Å². The van der Waals surface area contributed by atoms with Gasteiger partial charge in [0.05, 0.1) is 0 Å². The molecule has 1 aliphatic rings. The van der Waals surface area contributed by atoms with Gasteiger partial charge in [0.15, 0.2) is 0 Å². The van der Waals surface area contributed by atoms with Gasteiger partial charge < -0.3 is 9.88 Å². The number of carbonyl (C=O) groups excluding carboxylic acids is 1. The summed E-state index contributed by atoms with van der Waals surface area (Å²) in [5, 5.41) is 2.94. The number of amides is 1. The molecule has 0 radical (unpaired) electrons. The highest BCUT2D eigenvalue weighted by molar-refractivity contribution is 5.92. The summed E-state index contributed by atoms with van der Waals surface area (Å²) in [4.78, 5) is 16.0. The molecule has 3 rings (SSSR count). The highest BCUT2D eigenvalue weighted by Crippen LogP contribution is 2.38. The largest absolute Gasteiger partial charge is 0.347 e. The molecule has 0 atom stereocenters. The van der Waals surface area contributed by atoms with Crippen LogP contribution in [0.2, 0.25) is 0 Å². The third-order valence-electron chi connectivity index (χ3n) is 3.84. The third kappa shape index (κ3) is 2.46. The van der Waals surface area contributed by atoms with Gasteiger partial charge in [0.2, 0.25) is 0 Å². The van der Waals surface area contributed by atoms with Crippen LogP contribution in [0.4, 0.5) is 0 Å². The molecule has 20 heavy (non-hydrogen) atoms. The number of hydrogen-bond donors (Lipinski definition) is 1. The van der Waals surface area contributed by atoms with Gasteiger partial charge in [-0.2, -0.15) is 0 Å². The molecule has 1 N–H and O–H groups in total. The summed E-state index contributed by atoms with van der Waals surface area (Å²) in [5.74, 6) is -0.123. The molecule has 2 aromatic rings. The molecular weight excluding hydrogens is 250 g/mol. The number of aryl methyl sites for hydroxylation is 1. The maximum absolute atomic E-state index is 12.0. The summed E-state index contributed by atoms with van der Waals surface area (Å²) in [6, 6.07) is 8.20. The Balaban J connectivity index is 1.70. The molecule has 2 heterocycles. The first-order chi connectivity index (χ1) is 9.66. The summed E-state index contributed by atoms with van der Waals surface area (Å²) >= 11 is 0. The van der Waals surface area contributed by atoms with Crippen LogP contribution >= 0.6 is 0 Å². The Bertz CT molecular complexity index is 627. The molecule has 4 heteroatoms. The average molecular weight is 269 g/mol. The van der Waals surface area contributed by atoms with Crippen molar-refractivity contribution in [2.45, 2.75) is 39.3 Å². The van der Waals surface area contributed by atoms with E-state index in [1.807, 2.05) is 6.07 Å². The van der Waals surface area contributed by atoms with Crippen molar-refractivity contribution in [1.82, 2.24) is 14.9 Å². The van der Waals surface area contributed by atoms with E-state index >= 15 is 0 Å². The Morgan fingerprint density at radius 1 is 1.40 bits per heavy atom. The van der Waals surface area contributed by atoms with E-state index in [4.69, 9.17) is 0 Å². The van der Waals surface area contributed by atoms with Gasteiger partial charge in [-0.15, -0.1) is 0 Å². The van der Waals surface area contributed by atoms with E-state index in [1.54, 1.807) is 18.3 Å². The predicted octanol–water partition coefficient (Wildman–Crippen LogP) is 2.76. The van der Waals surface area contributed by atoms with Crippen molar-refractivity contribution in [2.24, 2.45) is 0 Å². The van der Waals surface area contributed by atoms with Crippen LogP contribution in [0.5, 0.6) is 0 Å². The summed E-state index contributed by atoms with van der Waals surface area (Å²) in [6.45, 7) is 4.82. The first-order valence-corrected chi connectivity index (χ1v) is 7.03. The highest BCUT2D eigenvalue weighted by Gasteiger charge is 2.26.